The monoisotopic (exact) mass is 334 g/mol. The van der Waals surface area contributed by atoms with Crippen LogP contribution < -0.4 is 4.72 Å². The Balaban J connectivity index is 2.37. The van der Waals surface area contributed by atoms with Crippen LogP contribution in [0.3, 0.4) is 0 Å². The molecule has 0 atom stereocenters. The SMILES string of the molecule is Cc1ccnc(-n2nc(C)cc2NS(=O)(=O)CC(F)(F)F)c1. The highest BCUT2D eigenvalue weighted by molar-refractivity contribution is 7.92. The van der Waals surface area contributed by atoms with E-state index in [1.54, 1.807) is 26.0 Å². The minimum absolute atomic E-state index is 0.0974. The molecule has 120 valence electrons. The topological polar surface area (TPSA) is 76.9 Å². The third-order valence-electron chi connectivity index (χ3n) is 2.56. The van der Waals surface area contributed by atoms with Gasteiger partial charge < -0.3 is 0 Å². The molecular weight excluding hydrogens is 321 g/mol. The number of nitrogens with zero attached hydrogens (tertiary/aromatic N) is 3. The second kappa shape index (κ2) is 5.59. The molecule has 0 saturated carbocycles. The normalized spacial score (nSPS) is 12.4. The Bertz CT molecular complexity index is 784. The molecule has 0 fully saturated rings. The number of aromatic nitrogens is 3. The number of rotatable bonds is 4. The standard InChI is InChI=1S/C12H13F3N4O2S/c1-8-3-4-16-10(5-8)19-11(6-9(2)17-19)18-22(20,21)7-12(13,14)15/h3-6,18H,7H2,1-2H3. The van der Waals surface area contributed by atoms with E-state index >= 15 is 0 Å². The van der Waals surface area contributed by atoms with Gasteiger partial charge in [0.2, 0.25) is 10.0 Å². The average Bonchev–Trinajstić information content (AvgIpc) is 2.66. The fraction of sp³-hybridized carbons (Fsp3) is 0.333. The predicted octanol–water partition coefficient (Wildman–Crippen LogP) is 2.19. The van der Waals surface area contributed by atoms with Gasteiger partial charge in [0.1, 0.15) is 5.82 Å². The van der Waals surface area contributed by atoms with Crippen molar-refractivity contribution < 1.29 is 21.6 Å². The molecule has 10 heteroatoms. The highest BCUT2D eigenvalue weighted by atomic mass is 32.2. The first kappa shape index (κ1) is 16.3. The number of aryl methyl sites for hydroxylation is 2. The molecule has 2 rings (SSSR count). The Hall–Kier alpha value is -2.10. The van der Waals surface area contributed by atoms with Crippen molar-refractivity contribution in [3.05, 3.63) is 35.7 Å². The number of halogens is 3. The first-order valence-electron chi connectivity index (χ1n) is 6.13. The number of pyridine rings is 1. The van der Waals surface area contributed by atoms with E-state index in [9.17, 15) is 21.6 Å². The van der Waals surface area contributed by atoms with E-state index in [-0.39, 0.29) is 5.82 Å². The van der Waals surface area contributed by atoms with Gasteiger partial charge in [-0.25, -0.2) is 13.4 Å². The third kappa shape index (κ3) is 4.20. The Morgan fingerprint density at radius 1 is 1.27 bits per heavy atom. The van der Waals surface area contributed by atoms with Crippen molar-refractivity contribution in [2.24, 2.45) is 0 Å². The molecule has 0 spiro atoms. The number of nitrogens with one attached hydrogen (secondary N) is 1. The smallest absolute Gasteiger partial charge is 0.267 e. The van der Waals surface area contributed by atoms with Gasteiger partial charge in [-0.05, 0) is 31.5 Å². The van der Waals surface area contributed by atoms with Gasteiger partial charge in [-0.3, -0.25) is 4.72 Å². The summed E-state index contributed by atoms with van der Waals surface area (Å²) in [6.45, 7) is 3.39. The molecule has 0 amide bonds. The van der Waals surface area contributed by atoms with Crippen LogP contribution in [0.2, 0.25) is 0 Å². The molecule has 0 radical (unpaired) electrons. The highest BCUT2D eigenvalue weighted by Gasteiger charge is 2.35. The molecule has 0 aliphatic rings. The number of hydrogen-bond donors (Lipinski definition) is 1. The van der Waals surface area contributed by atoms with Crippen LogP contribution in [-0.4, -0.2) is 35.1 Å². The van der Waals surface area contributed by atoms with E-state index in [4.69, 9.17) is 0 Å². The summed E-state index contributed by atoms with van der Waals surface area (Å²) in [6, 6.07) is 4.69. The molecule has 0 bridgehead atoms. The van der Waals surface area contributed by atoms with Crippen molar-refractivity contribution in [1.82, 2.24) is 14.8 Å². The van der Waals surface area contributed by atoms with Crippen LogP contribution in [0.1, 0.15) is 11.3 Å². The van der Waals surface area contributed by atoms with E-state index < -0.39 is 22.0 Å². The predicted molar refractivity (Wildman–Crippen MR) is 74.3 cm³/mol. The second-order valence-electron chi connectivity index (χ2n) is 4.75. The highest BCUT2D eigenvalue weighted by Crippen LogP contribution is 2.21. The summed E-state index contributed by atoms with van der Waals surface area (Å²) in [6.07, 6.45) is -3.33. The quantitative estimate of drug-likeness (QED) is 0.930. The first-order chi connectivity index (χ1) is 10.1. The van der Waals surface area contributed by atoms with Crippen LogP contribution in [-0.2, 0) is 10.0 Å². The van der Waals surface area contributed by atoms with Gasteiger partial charge in [-0.15, -0.1) is 0 Å². The van der Waals surface area contributed by atoms with E-state index in [2.05, 4.69) is 10.1 Å². The van der Waals surface area contributed by atoms with E-state index in [0.29, 0.717) is 11.5 Å². The number of alkyl halides is 3. The maximum Gasteiger partial charge on any atom is 0.404 e. The van der Waals surface area contributed by atoms with Gasteiger partial charge in [-0.2, -0.15) is 23.0 Å². The molecule has 2 heterocycles. The van der Waals surface area contributed by atoms with Gasteiger partial charge in [-0.1, -0.05) is 0 Å². The Morgan fingerprint density at radius 3 is 2.55 bits per heavy atom. The maximum absolute atomic E-state index is 12.3. The lowest BCUT2D eigenvalue weighted by Crippen LogP contribution is -2.28. The molecule has 2 aromatic rings. The number of sulfonamides is 1. The molecular formula is C12H13F3N4O2S. The summed E-state index contributed by atoms with van der Waals surface area (Å²) in [7, 11) is -4.58. The zero-order chi connectivity index (χ0) is 16.5. The molecule has 1 N–H and O–H groups in total. The Morgan fingerprint density at radius 2 is 1.95 bits per heavy atom. The van der Waals surface area contributed by atoms with Crippen molar-refractivity contribution in [3.63, 3.8) is 0 Å². The lowest BCUT2D eigenvalue weighted by molar-refractivity contribution is -0.106. The molecule has 2 aromatic heterocycles. The van der Waals surface area contributed by atoms with Crippen LogP contribution >= 0.6 is 0 Å². The summed E-state index contributed by atoms with van der Waals surface area (Å²) in [5.74, 6) is -1.76. The van der Waals surface area contributed by atoms with Crippen LogP contribution in [0.5, 0.6) is 0 Å². The summed E-state index contributed by atoms with van der Waals surface area (Å²) in [5, 5.41) is 4.05. The molecule has 22 heavy (non-hydrogen) atoms. The molecule has 0 aliphatic carbocycles. The summed E-state index contributed by atoms with van der Waals surface area (Å²) in [5.41, 5.74) is 1.29. The van der Waals surface area contributed by atoms with E-state index in [1.807, 2.05) is 4.72 Å². The summed E-state index contributed by atoms with van der Waals surface area (Å²) >= 11 is 0. The molecule has 6 nitrogen and oxygen atoms in total. The molecule has 0 saturated heterocycles. The minimum Gasteiger partial charge on any atom is -0.267 e. The lowest BCUT2D eigenvalue weighted by Gasteiger charge is -2.11. The van der Waals surface area contributed by atoms with Crippen molar-refractivity contribution in [2.75, 3.05) is 10.5 Å². The van der Waals surface area contributed by atoms with Crippen molar-refractivity contribution in [1.29, 1.82) is 0 Å². The van der Waals surface area contributed by atoms with Crippen molar-refractivity contribution in [3.8, 4) is 5.82 Å². The average molecular weight is 334 g/mol. The van der Waals surface area contributed by atoms with E-state index in [0.717, 1.165) is 10.2 Å². The van der Waals surface area contributed by atoms with Crippen LogP contribution in [0, 0.1) is 13.8 Å². The lowest BCUT2D eigenvalue weighted by atomic mass is 10.3. The van der Waals surface area contributed by atoms with Crippen LogP contribution in [0.25, 0.3) is 5.82 Å². The summed E-state index contributed by atoms with van der Waals surface area (Å²) in [4.78, 5) is 4.03. The molecule has 0 unspecified atom stereocenters. The van der Waals surface area contributed by atoms with Crippen molar-refractivity contribution >= 4 is 15.8 Å². The zero-order valence-electron chi connectivity index (χ0n) is 11.7. The Kier molecular flexibility index (Phi) is 4.14. The van der Waals surface area contributed by atoms with Gasteiger partial charge in [0.25, 0.3) is 0 Å². The minimum atomic E-state index is -4.83. The zero-order valence-corrected chi connectivity index (χ0v) is 12.5. The second-order valence-corrected chi connectivity index (χ2v) is 6.47. The van der Waals surface area contributed by atoms with Gasteiger partial charge in [0.05, 0.1) is 5.69 Å². The first-order valence-corrected chi connectivity index (χ1v) is 7.78. The van der Waals surface area contributed by atoms with Crippen molar-refractivity contribution in [2.45, 2.75) is 20.0 Å². The third-order valence-corrected chi connectivity index (χ3v) is 3.79. The molecule has 0 aliphatic heterocycles. The van der Waals surface area contributed by atoms with Crippen LogP contribution in [0.15, 0.2) is 24.4 Å². The summed E-state index contributed by atoms with van der Waals surface area (Å²) < 4.78 is 63.1. The van der Waals surface area contributed by atoms with Gasteiger partial charge in [0.15, 0.2) is 11.6 Å². The molecule has 0 aromatic carbocycles. The fourth-order valence-electron chi connectivity index (χ4n) is 1.79. The van der Waals surface area contributed by atoms with Gasteiger partial charge >= 0.3 is 6.18 Å². The van der Waals surface area contributed by atoms with Gasteiger partial charge in [0, 0.05) is 12.3 Å². The maximum atomic E-state index is 12.3. The number of hydrogen-bond acceptors (Lipinski definition) is 4. The number of anilines is 1. The van der Waals surface area contributed by atoms with E-state index in [1.165, 1.54) is 12.3 Å². The fourth-order valence-corrected chi connectivity index (χ4v) is 2.76. The Labute approximate surface area is 125 Å². The largest absolute Gasteiger partial charge is 0.404 e. The van der Waals surface area contributed by atoms with Crippen LogP contribution in [0.4, 0.5) is 19.0 Å².